The van der Waals surface area contributed by atoms with E-state index in [2.05, 4.69) is 5.32 Å². The number of nitrogens with zero attached hydrogens (tertiary/aromatic N) is 1. The van der Waals surface area contributed by atoms with Gasteiger partial charge in [0.1, 0.15) is 6.54 Å². The lowest BCUT2D eigenvalue weighted by Crippen LogP contribution is -2.40. The van der Waals surface area contributed by atoms with Gasteiger partial charge in [-0.2, -0.15) is 0 Å². The van der Waals surface area contributed by atoms with E-state index >= 15 is 0 Å². The highest BCUT2D eigenvalue weighted by molar-refractivity contribution is 7.98. The number of benzene rings is 3. The summed E-state index contributed by atoms with van der Waals surface area (Å²) in [5, 5.41) is 2.82. The van der Waals surface area contributed by atoms with Gasteiger partial charge in [-0.05, 0) is 81.1 Å². The van der Waals surface area contributed by atoms with Crippen molar-refractivity contribution in [2.45, 2.75) is 43.2 Å². The summed E-state index contributed by atoms with van der Waals surface area (Å²) in [6, 6.07) is 19.1. The van der Waals surface area contributed by atoms with Crippen LogP contribution in [-0.4, -0.2) is 40.3 Å². The third-order valence-electron chi connectivity index (χ3n) is 5.34. The molecule has 3 aromatic carbocycles. The van der Waals surface area contributed by atoms with E-state index in [1.165, 1.54) is 11.8 Å². The molecule has 36 heavy (non-hydrogen) atoms. The van der Waals surface area contributed by atoms with Crippen molar-refractivity contribution in [2.24, 2.45) is 0 Å². The van der Waals surface area contributed by atoms with E-state index in [-0.39, 0.29) is 24.1 Å². The van der Waals surface area contributed by atoms with Crippen LogP contribution in [0.2, 0.25) is 0 Å². The molecule has 0 heterocycles. The molecule has 0 aromatic heterocycles. The third kappa shape index (κ3) is 6.95. The SMILES string of the molecule is COc1cc(CNC(=O)CN(c2ccc(C)cc2)S(=O)(=O)c2ccc(SC)cc2)ccc1OC(C)C. The average Bonchev–Trinajstić information content (AvgIpc) is 2.87. The molecular weight excluding hydrogens is 496 g/mol. The number of methoxy groups -OCH3 is 1. The van der Waals surface area contributed by atoms with E-state index in [9.17, 15) is 13.2 Å². The average molecular weight is 529 g/mol. The van der Waals surface area contributed by atoms with Crippen LogP contribution in [0.3, 0.4) is 0 Å². The first-order valence-corrected chi connectivity index (χ1v) is 14.1. The zero-order chi connectivity index (χ0) is 26.3. The fourth-order valence-corrected chi connectivity index (χ4v) is 5.29. The highest BCUT2D eigenvalue weighted by Gasteiger charge is 2.27. The molecule has 1 amide bonds. The minimum atomic E-state index is -3.97. The van der Waals surface area contributed by atoms with Gasteiger partial charge in [0, 0.05) is 11.4 Å². The van der Waals surface area contributed by atoms with Crippen molar-refractivity contribution in [3.05, 3.63) is 77.9 Å². The predicted octanol–water partition coefficient (Wildman–Crippen LogP) is 5.02. The Hall–Kier alpha value is -3.17. The van der Waals surface area contributed by atoms with Crippen LogP contribution < -0.4 is 19.1 Å². The maximum Gasteiger partial charge on any atom is 0.264 e. The zero-order valence-electron chi connectivity index (χ0n) is 21.1. The normalized spacial score (nSPS) is 11.3. The Bertz CT molecular complexity index is 1270. The number of anilines is 1. The summed E-state index contributed by atoms with van der Waals surface area (Å²) in [7, 11) is -2.41. The number of ether oxygens (including phenoxy) is 2. The molecule has 0 aliphatic rings. The summed E-state index contributed by atoms with van der Waals surface area (Å²) in [6.07, 6.45) is 1.92. The van der Waals surface area contributed by atoms with Gasteiger partial charge in [0.25, 0.3) is 10.0 Å². The van der Waals surface area contributed by atoms with Crippen molar-refractivity contribution in [1.29, 1.82) is 0 Å². The lowest BCUT2D eigenvalue weighted by atomic mass is 10.2. The second-order valence-electron chi connectivity index (χ2n) is 8.45. The monoisotopic (exact) mass is 528 g/mol. The standard InChI is InChI=1S/C27H32N2O5S2/c1-19(2)34-25-15-8-21(16-26(25)33-4)17-28-27(30)18-29(22-9-6-20(3)7-10-22)36(31,32)24-13-11-23(35-5)12-14-24/h6-16,19H,17-18H2,1-5H3,(H,28,30). The fourth-order valence-electron chi connectivity index (χ4n) is 3.46. The summed E-state index contributed by atoms with van der Waals surface area (Å²) in [6.45, 7) is 5.63. The minimum Gasteiger partial charge on any atom is -0.493 e. The number of hydrogen-bond donors (Lipinski definition) is 1. The summed E-state index contributed by atoms with van der Waals surface area (Å²) in [5.41, 5.74) is 2.21. The smallest absolute Gasteiger partial charge is 0.264 e. The maximum absolute atomic E-state index is 13.5. The van der Waals surface area contributed by atoms with Crippen molar-refractivity contribution in [3.63, 3.8) is 0 Å². The first-order valence-electron chi connectivity index (χ1n) is 11.5. The van der Waals surface area contributed by atoms with Crippen LogP contribution in [0, 0.1) is 6.92 Å². The Morgan fingerprint density at radius 3 is 2.25 bits per heavy atom. The van der Waals surface area contributed by atoms with Crippen LogP contribution in [0.4, 0.5) is 5.69 Å². The molecule has 0 radical (unpaired) electrons. The molecule has 0 aliphatic carbocycles. The van der Waals surface area contributed by atoms with Gasteiger partial charge in [-0.1, -0.05) is 23.8 Å². The summed E-state index contributed by atoms with van der Waals surface area (Å²) in [4.78, 5) is 14.0. The van der Waals surface area contributed by atoms with Crippen molar-refractivity contribution < 1.29 is 22.7 Å². The molecule has 0 unspecified atom stereocenters. The molecule has 7 nitrogen and oxygen atoms in total. The number of amides is 1. The largest absolute Gasteiger partial charge is 0.493 e. The number of thioether (sulfide) groups is 1. The molecule has 0 atom stereocenters. The second kappa shape index (κ2) is 12.2. The number of hydrogen-bond acceptors (Lipinski definition) is 6. The van der Waals surface area contributed by atoms with Gasteiger partial charge in [-0.15, -0.1) is 11.8 Å². The summed E-state index contributed by atoms with van der Waals surface area (Å²) in [5.74, 6) is 0.751. The molecule has 0 bridgehead atoms. The van der Waals surface area contributed by atoms with Crippen LogP contribution >= 0.6 is 11.8 Å². The lowest BCUT2D eigenvalue weighted by molar-refractivity contribution is -0.119. The highest BCUT2D eigenvalue weighted by Crippen LogP contribution is 2.29. The van der Waals surface area contributed by atoms with Crippen LogP contribution in [-0.2, 0) is 21.4 Å². The van der Waals surface area contributed by atoms with Crippen molar-refractivity contribution in [1.82, 2.24) is 5.32 Å². The molecule has 1 N–H and O–H groups in total. The number of carbonyl (C=O) groups is 1. The molecule has 3 aromatic rings. The first-order chi connectivity index (χ1) is 17.1. The van der Waals surface area contributed by atoms with Crippen molar-refractivity contribution >= 4 is 33.4 Å². The number of rotatable bonds is 11. The second-order valence-corrected chi connectivity index (χ2v) is 11.2. The van der Waals surface area contributed by atoms with Crippen molar-refractivity contribution in [2.75, 3.05) is 24.2 Å². The number of aryl methyl sites for hydroxylation is 1. The van der Waals surface area contributed by atoms with E-state index < -0.39 is 15.9 Å². The molecule has 0 aliphatic heterocycles. The molecule has 3 rings (SSSR count). The van der Waals surface area contributed by atoms with Crippen LogP contribution in [0.25, 0.3) is 0 Å². The fraction of sp³-hybridized carbons (Fsp3) is 0.296. The van der Waals surface area contributed by atoms with Crippen molar-refractivity contribution in [3.8, 4) is 11.5 Å². The topological polar surface area (TPSA) is 84.9 Å². The lowest BCUT2D eigenvalue weighted by Gasteiger charge is -2.24. The van der Waals surface area contributed by atoms with E-state index in [4.69, 9.17) is 9.47 Å². The number of nitrogens with one attached hydrogen (secondary N) is 1. The zero-order valence-corrected chi connectivity index (χ0v) is 22.8. The molecular formula is C27H32N2O5S2. The minimum absolute atomic E-state index is 0.00362. The van der Waals surface area contributed by atoms with Gasteiger partial charge in [0.05, 0.1) is 23.8 Å². The summed E-state index contributed by atoms with van der Waals surface area (Å²) >= 11 is 1.53. The first kappa shape index (κ1) is 27.4. The Morgan fingerprint density at radius 1 is 1.00 bits per heavy atom. The molecule has 0 saturated carbocycles. The Kier molecular flexibility index (Phi) is 9.28. The van der Waals surface area contributed by atoms with Gasteiger partial charge in [-0.3, -0.25) is 9.10 Å². The van der Waals surface area contributed by atoms with Crippen LogP contribution in [0.1, 0.15) is 25.0 Å². The molecule has 0 spiro atoms. The molecule has 0 saturated heterocycles. The third-order valence-corrected chi connectivity index (χ3v) is 7.87. The number of carbonyl (C=O) groups excluding carboxylic acids is 1. The van der Waals surface area contributed by atoms with E-state index in [0.29, 0.717) is 17.2 Å². The summed E-state index contributed by atoms with van der Waals surface area (Å²) < 4.78 is 39.4. The quantitative estimate of drug-likeness (QED) is 0.352. The maximum atomic E-state index is 13.5. The van der Waals surface area contributed by atoms with Gasteiger partial charge in [-0.25, -0.2) is 8.42 Å². The molecule has 9 heteroatoms. The highest BCUT2D eigenvalue weighted by atomic mass is 32.2. The van der Waals surface area contributed by atoms with Gasteiger partial charge in [0.15, 0.2) is 11.5 Å². The van der Waals surface area contributed by atoms with Gasteiger partial charge in [0.2, 0.25) is 5.91 Å². The molecule has 0 fully saturated rings. The van der Waals surface area contributed by atoms with Crippen LogP contribution in [0.15, 0.2) is 76.5 Å². The van der Waals surface area contributed by atoms with E-state index in [1.54, 1.807) is 55.6 Å². The van der Waals surface area contributed by atoms with Gasteiger partial charge >= 0.3 is 0 Å². The van der Waals surface area contributed by atoms with Gasteiger partial charge < -0.3 is 14.8 Å². The predicted molar refractivity (Wildman–Crippen MR) is 145 cm³/mol. The Morgan fingerprint density at radius 2 is 1.67 bits per heavy atom. The molecule has 192 valence electrons. The Balaban J connectivity index is 1.80. The Labute approximate surface area is 217 Å². The number of sulfonamides is 1. The van der Waals surface area contributed by atoms with Crippen LogP contribution in [0.5, 0.6) is 11.5 Å². The van der Waals surface area contributed by atoms with E-state index in [0.717, 1.165) is 20.3 Å². The van der Waals surface area contributed by atoms with E-state index in [1.807, 2.05) is 45.2 Å².